The van der Waals surface area contributed by atoms with Crippen LogP contribution >= 0.6 is 0 Å². The highest BCUT2D eigenvalue weighted by atomic mass is 16.1. The summed E-state index contributed by atoms with van der Waals surface area (Å²) in [6, 6.07) is 3.09. The Morgan fingerprint density at radius 2 is 1.86 bits per heavy atom. The molecule has 0 aliphatic heterocycles. The van der Waals surface area contributed by atoms with Crippen LogP contribution in [0, 0.1) is 6.92 Å². The lowest BCUT2D eigenvalue weighted by atomic mass is 10.2. The number of hydrogen-bond acceptors (Lipinski definition) is 4. The summed E-state index contributed by atoms with van der Waals surface area (Å²) in [5.74, 6) is 0.252. The van der Waals surface area contributed by atoms with E-state index < -0.39 is 0 Å². The quantitative estimate of drug-likeness (QED) is 0.765. The van der Waals surface area contributed by atoms with Gasteiger partial charge in [0.15, 0.2) is 0 Å². The fourth-order valence-corrected chi connectivity index (χ4v) is 2.58. The fraction of sp³-hybridized carbons (Fsp3) is 0.286. The van der Waals surface area contributed by atoms with Gasteiger partial charge in [0.25, 0.3) is 17.1 Å². The normalized spacial score (nSPS) is 11.4. The third-order valence-electron chi connectivity index (χ3n) is 3.42. The van der Waals surface area contributed by atoms with Gasteiger partial charge in [-0.2, -0.15) is 4.68 Å². The Bertz CT molecular complexity index is 918. The Hall–Kier alpha value is -2.70. The van der Waals surface area contributed by atoms with Crippen molar-refractivity contribution in [2.75, 3.05) is 0 Å². The van der Waals surface area contributed by atoms with Crippen LogP contribution < -0.4 is 11.1 Å². The van der Waals surface area contributed by atoms with Crippen molar-refractivity contribution >= 4 is 10.9 Å². The van der Waals surface area contributed by atoms with Crippen LogP contribution in [0.4, 0.5) is 0 Å². The number of H-pyrrole nitrogens is 1. The summed E-state index contributed by atoms with van der Waals surface area (Å²) in [5, 5.41) is 3.38. The van der Waals surface area contributed by atoms with Gasteiger partial charge in [0, 0.05) is 30.2 Å². The molecule has 0 amide bonds. The molecular weight excluding hydrogens is 270 g/mol. The molecule has 0 unspecified atom stereocenters. The number of aryl methyl sites for hydroxylation is 1. The van der Waals surface area contributed by atoms with Crippen LogP contribution in [0.5, 0.6) is 0 Å². The number of nitrogens with zero attached hydrogens (tertiary/aromatic N) is 4. The Labute approximate surface area is 119 Å². The summed E-state index contributed by atoms with van der Waals surface area (Å²) in [7, 11) is 0. The number of aromatic amines is 1. The molecule has 0 saturated heterocycles. The number of fused-ring (bicyclic) bond motifs is 1. The lowest BCUT2D eigenvalue weighted by Gasteiger charge is -2.13. The highest BCUT2D eigenvalue weighted by molar-refractivity contribution is 5.80. The molecule has 0 aliphatic carbocycles. The average molecular weight is 285 g/mol. The van der Waals surface area contributed by atoms with E-state index in [0.717, 1.165) is 0 Å². The van der Waals surface area contributed by atoms with Crippen LogP contribution in [0.25, 0.3) is 16.9 Å². The molecule has 3 rings (SSSR count). The summed E-state index contributed by atoms with van der Waals surface area (Å²) in [6.07, 6.45) is 3.11. The fourth-order valence-electron chi connectivity index (χ4n) is 2.58. The molecule has 108 valence electrons. The maximum Gasteiger partial charge on any atom is 0.283 e. The van der Waals surface area contributed by atoms with Gasteiger partial charge < -0.3 is 4.57 Å². The van der Waals surface area contributed by atoms with Crippen LogP contribution in [0.3, 0.4) is 0 Å². The molecule has 0 spiro atoms. The molecule has 1 N–H and O–H groups in total. The Morgan fingerprint density at radius 3 is 2.48 bits per heavy atom. The molecule has 0 bridgehead atoms. The molecule has 0 aliphatic rings. The van der Waals surface area contributed by atoms with E-state index in [2.05, 4.69) is 15.1 Å². The lowest BCUT2D eigenvalue weighted by Crippen LogP contribution is -2.24. The number of rotatable bonds is 2. The maximum absolute atomic E-state index is 12.6. The number of hydrogen-bond donors (Lipinski definition) is 1. The second-order valence-corrected chi connectivity index (χ2v) is 5.12. The molecule has 3 aromatic heterocycles. The summed E-state index contributed by atoms with van der Waals surface area (Å²) < 4.78 is 2.86. The zero-order valence-corrected chi connectivity index (χ0v) is 12.0. The van der Waals surface area contributed by atoms with Gasteiger partial charge in [-0.05, 0) is 26.8 Å². The second kappa shape index (κ2) is 4.69. The van der Waals surface area contributed by atoms with Crippen LogP contribution in [-0.2, 0) is 0 Å². The van der Waals surface area contributed by atoms with Crippen molar-refractivity contribution in [3.05, 3.63) is 50.9 Å². The monoisotopic (exact) mass is 285 g/mol. The van der Waals surface area contributed by atoms with Gasteiger partial charge in [-0.15, -0.1) is 0 Å². The number of nitrogens with one attached hydrogen (secondary N) is 1. The minimum absolute atomic E-state index is 0.0161. The molecule has 0 fully saturated rings. The van der Waals surface area contributed by atoms with Gasteiger partial charge in [0.1, 0.15) is 0 Å². The molecule has 3 aromatic rings. The molecule has 0 aromatic carbocycles. The Kier molecular flexibility index (Phi) is 2.97. The van der Waals surface area contributed by atoms with Crippen molar-refractivity contribution in [2.24, 2.45) is 0 Å². The van der Waals surface area contributed by atoms with E-state index in [1.54, 1.807) is 30.0 Å². The number of pyridine rings is 1. The predicted molar refractivity (Wildman–Crippen MR) is 78.9 cm³/mol. The molecule has 0 radical (unpaired) electrons. The molecular formula is C14H15N5O2. The Morgan fingerprint density at radius 1 is 1.19 bits per heavy atom. The first-order chi connectivity index (χ1) is 10.0. The van der Waals surface area contributed by atoms with E-state index in [1.165, 1.54) is 10.7 Å². The van der Waals surface area contributed by atoms with Crippen LogP contribution in [0.2, 0.25) is 0 Å². The van der Waals surface area contributed by atoms with E-state index in [4.69, 9.17) is 0 Å². The van der Waals surface area contributed by atoms with E-state index in [9.17, 15) is 9.59 Å². The zero-order valence-electron chi connectivity index (χ0n) is 12.0. The molecule has 0 atom stereocenters. The predicted octanol–water partition coefficient (Wildman–Crippen LogP) is 1.16. The number of aromatic nitrogens is 5. The summed E-state index contributed by atoms with van der Waals surface area (Å²) in [4.78, 5) is 32.8. The zero-order chi connectivity index (χ0) is 15.1. The largest absolute Gasteiger partial charge is 0.309 e. The highest BCUT2D eigenvalue weighted by Crippen LogP contribution is 2.14. The van der Waals surface area contributed by atoms with Crippen molar-refractivity contribution in [1.29, 1.82) is 0 Å². The minimum Gasteiger partial charge on any atom is -0.309 e. The van der Waals surface area contributed by atoms with Gasteiger partial charge in [0.2, 0.25) is 0 Å². The average Bonchev–Trinajstić information content (AvgIpc) is 2.76. The summed E-state index contributed by atoms with van der Waals surface area (Å²) >= 11 is 0. The summed E-state index contributed by atoms with van der Waals surface area (Å²) in [6.45, 7) is 5.59. The lowest BCUT2D eigenvalue weighted by molar-refractivity contribution is 0.567. The first-order valence-corrected chi connectivity index (χ1v) is 6.65. The third-order valence-corrected chi connectivity index (χ3v) is 3.42. The topological polar surface area (TPSA) is 85.6 Å². The standard InChI is InChI=1S/C14H15N5O2/c1-8(2)18-9(3)12-10(7-11(18)20)17-19(13(12)21)14-15-5-4-6-16-14/h4-8,17H,1-3H3. The van der Waals surface area contributed by atoms with E-state index >= 15 is 0 Å². The third kappa shape index (κ3) is 1.97. The molecule has 7 nitrogen and oxygen atoms in total. The molecule has 3 heterocycles. The van der Waals surface area contributed by atoms with Crippen LogP contribution in [0.1, 0.15) is 25.6 Å². The van der Waals surface area contributed by atoms with Crippen molar-refractivity contribution in [1.82, 2.24) is 24.3 Å². The van der Waals surface area contributed by atoms with Crippen molar-refractivity contribution < 1.29 is 0 Å². The molecule has 0 saturated carbocycles. The van der Waals surface area contributed by atoms with Crippen molar-refractivity contribution in [3.63, 3.8) is 0 Å². The van der Waals surface area contributed by atoms with Crippen LogP contribution in [0.15, 0.2) is 34.1 Å². The Balaban J connectivity index is 2.39. The summed E-state index contributed by atoms with van der Waals surface area (Å²) in [5.41, 5.74) is 0.732. The van der Waals surface area contributed by atoms with E-state index in [-0.39, 0.29) is 23.1 Å². The highest BCUT2D eigenvalue weighted by Gasteiger charge is 2.16. The van der Waals surface area contributed by atoms with Gasteiger partial charge >= 0.3 is 0 Å². The first-order valence-electron chi connectivity index (χ1n) is 6.65. The molecule has 7 heteroatoms. The van der Waals surface area contributed by atoms with E-state index in [0.29, 0.717) is 16.6 Å². The van der Waals surface area contributed by atoms with Gasteiger partial charge in [-0.25, -0.2) is 9.97 Å². The van der Waals surface area contributed by atoms with Gasteiger partial charge in [-0.3, -0.25) is 14.7 Å². The van der Waals surface area contributed by atoms with Crippen molar-refractivity contribution in [3.8, 4) is 5.95 Å². The maximum atomic E-state index is 12.6. The van der Waals surface area contributed by atoms with E-state index in [1.807, 2.05) is 13.8 Å². The van der Waals surface area contributed by atoms with Gasteiger partial charge in [-0.1, -0.05) is 0 Å². The van der Waals surface area contributed by atoms with Crippen molar-refractivity contribution in [2.45, 2.75) is 26.8 Å². The molecule has 21 heavy (non-hydrogen) atoms. The minimum atomic E-state index is -0.261. The second-order valence-electron chi connectivity index (χ2n) is 5.12. The smallest absolute Gasteiger partial charge is 0.283 e. The van der Waals surface area contributed by atoms with Crippen LogP contribution in [-0.4, -0.2) is 24.3 Å². The first kappa shape index (κ1) is 13.3. The SMILES string of the molecule is Cc1c2c(=O)n(-c3ncccn3)[nH]c2cc(=O)n1C(C)C. The van der Waals surface area contributed by atoms with Gasteiger partial charge in [0.05, 0.1) is 10.9 Å².